The summed E-state index contributed by atoms with van der Waals surface area (Å²) in [5, 5.41) is 23.1. The van der Waals surface area contributed by atoms with Crippen LogP contribution in [0.1, 0.15) is 145 Å². The van der Waals surface area contributed by atoms with Gasteiger partial charge in [-0.05, 0) is 96.0 Å². The van der Waals surface area contributed by atoms with Crippen molar-refractivity contribution in [3.8, 4) is 23.0 Å². The van der Waals surface area contributed by atoms with Crippen molar-refractivity contribution in [2.45, 2.75) is 183 Å². The Morgan fingerprint density at radius 2 is 0.904 bits per heavy atom. The lowest BCUT2D eigenvalue weighted by molar-refractivity contribution is 0.357. The number of hydrogen-bond donors (Lipinski definition) is 2. The van der Waals surface area contributed by atoms with Gasteiger partial charge in [-0.15, -0.1) is 0 Å². The lowest BCUT2D eigenvalue weighted by Crippen LogP contribution is -2.44. The molecule has 2 N–H and O–H groups in total. The minimum atomic E-state index is -2.14. The summed E-state index contributed by atoms with van der Waals surface area (Å²) < 4.78 is 13.7. The van der Waals surface area contributed by atoms with Gasteiger partial charge in [-0.1, -0.05) is 110 Å². The molecule has 4 atom stereocenters. The first kappa shape index (κ1) is 43.8. The van der Waals surface area contributed by atoms with Crippen molar-refractivity contribution in [3.05, 3.63) is 46.5 Å². The second-order valence-electron chi connectivity index (χ2n) is 20.9. The van der Waals surface area contributed by atoms with Crippen LogP contribution in [0.2, 0.25) is 37.3 Å². The van der Waals surface area contributed by atoms with E-state index in [1.165, 1.54) is 0 Å². The van der Waals surface area contributed by atoms with Gasteiger partial charge in [0.05, 0.1) is 12.1 Å². The Morgan fingerprint density at radius 1 is 0.596 bits per heavy atom. The summed E-state index contributed by atoms with van der Waals surface area (Å²) in [4.78, 5) is 10.2. The smallest absolute Gasteiger partial charge is 0.248 e. The van der Waals surface area contributed by atoms with Crippen LogP contribution in [0.4, 0.5) is 0 Å². The molecule has 0 aliphatic heterocycles. The van der Waals surface area contributed by atoms with Gasteiger partial charge in [0.2, 0.25) is 16.6 Å². The van der Waals surface area contributed by atoms with Crippen LogP contribution in [0.15, 0.2) is 34.3 Å². The van der Waals surface area contributed by atoms with Crippen LogP contribution in [0, 0.1) is 10.8 Å². The molecule has 1 saturated carbocycles. The standard InChI is InChI=1S/C44H74N2O4Si2/c1-29(41(3,4)5)51(15,16)49-33-23-31(39(47)35(25-33)43(9,10)11)27-45-37-21-19-20-22-38(37)46-28-32-24-34(26-36(40(32)48)44(12,13)14)50-52(17,18)30(2)42(6,7)8/h23-30,37-38,47-48H,19-22H2,1-18H3/t29?,30?,37-,38-/m1/s1. The SMILES string of the molecule is CC(C(C)(C)C)[Si](C)(C)Oc1cc(C=N[C@@H]2CCCC[C@H]2N=Cc2cc(O[Si](C)(C)C(C)C(C)(C)C)cc(C(C)(C)C)c2O)c(O)c(C(C)(C)C)c1. The normalized spacial score (nSPS) is 19.7. The summed E-state index contributed by atoms with van der Waals surface area (Å²) in [6, 6.07) is 7.88. The van der Waals surface area contributed by atoms with E-state index in [0.717, 1.165) is 48.3 Å². The van der Waals surface area contributed by atoms with Crippen molar-refractivity contribution in [1.29, 1.82) is 0 Å². The fourth-order valence-corrected chi connectivity index (χ4v) is 13.4. The summed E-state index contributed by atoms with van der Waals surface area (Å²) in [6.45, 7) is 40.1. The zero-order valence-corrected chi connectivity index (χ0v) is 38.2. The van der Waals surface area contributed by atoms with Crippen molar-refractivity contribution in [1.82, 2.24) is 0 Å². The van der Waals surface area contributed by atoms with E-state index in [4.69, 9.17) is 18.8 Å². The molecule has 0 amide bonds. The van der Waals surface area contributed by atoms with Gasteiger partial charge in [0.25, 0.3) is 0 Å². The van der Waals surface area contributed by atoms with E-state index >= 15 is 0 Å². The largest absolute Gasteiger partial charge is 0.544 e. The minimum absolute atomic E-state index is 0.0403. The molecule has 0 radical (unpaired) electrons. The molecular weight excluding hydrogens is 677 g/mol. The van der Waals surface area contributed by atoms with Crippen LogP contribution >= 0.6 is 0 Å². The van der Waals surface area contributed by atoms with E-state index in [9.17, 15) is 10.2 Å². The summed E-state index contributed by atoms with van der Waals surface area (Å²) in [7, 11) is -4.28. The highest BCUT2D eigenvalue weighted by atomic mass is 28.4. The highest BCUT2D eigenvalue weighted by Gasteiger charge is 2.41. The molecule has 6 nitrogen and oxygen atoms in total. The van der Waals surface area contributed by atoms with Crippen molar-refractivity contribution in [3.63, 3.8) is 0 Å². The quantitative estimate of drug-likeness (QED) is 0.187. The van der Waals surface area contributed by atoms with Crippen molar-refractivity contribution < 1.29 is 19.1 Å². The van der Waals surface area contributed by atoms with Crippen molar-refractivity contribution >= 4 is 29.1 Å². The van der Waals surface area contributed by atoms with Gasteiger partial charge in [0.1, 0.15) is 23.0 Å². The molecule has 0 bridgehead atoms. The maximum atomic E-state index is 11.5. The van der Waals surface area contributed by atoms with Crippen molar-refractivity contribution in [2.75, 3.05) is 0 Å². The van der Waals surface area contributed by atoms with Crippen LogP contribution in [0.25, 0.3) is 0 Å². The van der Waals surface area contributed by atoms with Crippen LogP contribution < -0.4 is 8.85 Å². The molecular formula is C44H74N2O4Si2. The summed E-state index contributed by atoms with van der Waals surface area (Å²) in [5.74, 6) is 2.11. The van der Waals surface area contributed by atoms with Crippen LogP contribution in [0.3, 0.4) is 0 Å². The lowest BCUT2D eigenvalue weighted by atomic mass is 9.85. The number of aliphatic imine (C=N–C) groups is 2. The third kappa shape index (κ3) is 11.0. The number of rotatable bonds is 10. The Morgan fingerprint density at radius 3 is 1.17 bits per heavy atom. The third-order valence-electron chi connectivity index (χ3n) is 11.8. The maximum Gasteiger partial charge on any atom is 0.248 e. The molecule has 292 valence electrons. The van der Waals surface area contributed by atoms with E-state index in [2.05, 4.69) is 123 Å². The summed E-state index contributed by atoms with van der Waals surface area (Å²) >= 11 is 0. The van der Waals surface area contributed by atoms with Gasteiger partial charge < -0.3 is 19.1 Å². The molecule has 0 spiro atoms. The first-order valence-electron chi connectivity index (χ1n) is 19.6. The molecule has 0 aromatic heterocycles. The average Bonchev–Trinajstić information content (AvgIpc) is 2.98. The van der Waals surface area contributed by atoms with Crippen LogP contribution in [-0.2, 0) is 10.8 Å². The van der Waals surface area contributed by atoms with Crippen molar-refractivity contribution in [2.24, 2.45) is 20.8 Å². The molecule has 52 heavy (non-hydrogen) atoms. The van der Waals surface area contributed by atoms with Gasteiger partial charge in [-0.3, -0.25) is 9.98 Å². The molecule has 2 aromatic rings. The van der Waals surface area contributed by atoms with Gasteiger partial charge in [-0.2, -0.15) is 0 Å². The van der Waals surface area contributed by atoms with E-state index in [-0.39, 0.29) is 45.2 Å². The third-order valence-corrected chi connectivity index (χ3v) is 19.2. The Bertz CT molecular complexity index is 1480. The van der Waals surface area contributed by atoms with Gasteiger partial charge in [0.15, 0.2) is 0 Å². The van der Waals surface area contributed by atoms with Crippen LogP contribution in [-0.4, -0.2) is 51.4 Å². The monoisotopic (exact) mass is 751 g/mol. The molecule has 2 aromatic carbocycles. The Kier molecular flexibility index (Phi) is 13.2. The Balaban J connectivity index is 2.01. The summed E-state index contributed by atoms with van der Waals surface area (Å²) in [5.41, 5.74) is 3.59. The van der Waals surface area contributed by atoms with Gasteiger partial charge >= 0.3 is 0 Å². The van der Waals surface area contributed by atoms with E-state index in [0.29, 0.717) is 22.2 Å². The average molecular weight is 751 g/mol. The zero-order chi connectivity index (χ0) is 39.8. The number of phenolic OH excluding ortho intramolecular Hbond substituents is 2. The predicted octanol–water partition coefficient (Wildman–Crippen LogP) is 12.6. The highest BCUT2D eigenvalue weighted by molar-refractivity contribution is 6.73. The second-order valence-corrected chi connectivity index (χ2v) is 29.4. The molecule has 1 aliphatic rings. The Hall–Kier alpha value is -2.59. The molecule has 1 aliphatic carbocycles. The topological polar surface area (TPSA) is 83.6 Å². The van der Waals surface area contributed by atoms with E-state index < -0.39 is 16.6 Å². The Labute approximate surface area is 320 Å². The number of phenols is 2. The summed E-state index contributed by atoms with van der Waals surface area (Å²) in [6.07, 6.45) is 7.66. The van der Waals surface area contributed by atoms with Gasteiger partial charge in [-0.25, -0.2) is 0 Å². The number of benzene rings is 2. The molecule has 8 heteroatoms. The molecule has 2 unspecified atom stereocenters. The molecule has 0 saturated heterocycles. The minimum Gasteiger partial charge on any atom is -0.544 e. The van der Waals surface area contributed by atoms with E-state index in [1.54, 1.807) is 0 Å². The molecule has 0 heterocycles. The zero-order valence-electron chi connectivity index (χ0n) is 36.2. The molecule has 1 fully saturated rings. The number of aromatic hydroxyl groups is 2. The fourth-order valence-electron chi connectivity index (χ4n) is 7.38. The van der Waals surface area contributed by atoms with Gasteiger partial charge in [0, 0.05) is 34.7 Å². The van der Waals surface area contributed by atoms with E-state index in [1.807, 2.05) is 36.7 Å². The fraction of sp³-hybridized carbons (Fsp3) is 0.682. The second kappa shape index (κ2) is 15.6. The first-order chi connectivity index (χ1) is 23.4. The first-order valence-corrected chi connectivity index (χ1v) is 25.6. The highest BCUT2D eigenvalue weighted by Crippen LogP contribution is 2.44. The lowest BCUT2D eigenvalue weighted by Gasteiger charge is -2.39. The van der Waals surface area contributed by atoms with Crippen LogP contribution in [0.5, 0.6) is 23.0 Å². The molecule has 3 rings (SSSR count). The maximum absolute atomic E-state index is 11.5. The predicted molar refractivity (Wildman–Crippen MR) is 229 cm³/mol. The number of nitrogens with zero attached hydrogens (tertiary/aromatic N) is 2. The number of hydrogen-bond acceptors (Lipinski definition) is 6.